The Hall–Kier alpha value is -2.83. The molecule has 5 nitrogen and oxygen atoms in total. The summed E-state index contributed by atoms with van der Waals surface area (Å²) in [5.41, 5.74) is 1.37. The molecule has 1 aliphatic heterocycles. The first-order valence-corrected chi connectivity index (χ1v) is 7.71. The zero-order valence-corrected chi connectivity index (χ0v) is 13.2. The van der Waals surface area contributed by atoms with Crippen molar-refractivity contribution in [1.29, 1.82) is 5.41 Å². The lowest BCUT2D eigenvalue weighted by molar-refractivity contribution is 0.517. The summed E-state index contributed by atoms with van der Waals surface area (Å²) in [7, 11) is 0. The van der Waals surface area contributed by atoms with Crippen molar-refractivity contribution in [2.75, 3.05) is 6.54 Å². The molecular formula is C17H17F2N5. The predicted octanol–water partition coefficient (Wildman–Crippen LogP) is 3.87. The van der Waals surface area contributed by atoms with Gasteiger partial charge in [0, 0.05) is 24.5 Å². The second-order valence-corrected chi connectivity index (χ2v) is 5.44. The molecule has 0 unspecified atom stereocenters. The fourth-order valence-electron chi connectivity index (χ4n) is 2.57. The van der Waals surface area contributed by atoms with Crippen molar-refractivity contribution in [3.8, 4) is 0 Å². The van der Waals surface area contributed by atoms with Gasteiger partial charge in [-0.05, 0) is 18.6 Å². The van der Waals surface area contributed by atoms with E-state index in [-0.39, 0.29) is 11.4 Å². The largest absolute Gasteiger partial charge is 0.332 e. The summed E-state index contributed by atoms with van der Waals surface area (Å²) < 4.78 is 28.6. The molecule has 1 aliphatic rings. The van der Waals surface area contributed by atoms with Crippen molar-refractivity contribution < 1.29 is 8.78 Å². The van der Waals surface area contributed by atoms with Crippen LogP contribution in [0, 0.1) is 17.0 Å². The SMILES string of the molecule is CCCCN1C=C(C=N)c2[nH]ncc2N=C1c1c(F)cccc1F. The van der Waals surface area contributed by atoms with Gasteiger partial charge in [0.1, 0.15) is 23.2 Å². The number of halogens is 2. The highest BCUT2D eigenvalue weighted by Crippen LogP contribution is 2.29. The standard InChI is InChI=1S/C17H17F2N5/c1-2-3-7-24-10-11(8-20)16-14(9-21-23-16)22-17(24)15-12(18)5-4-6-13(15)19/h4-6,8-10,20H,2-3,7H2,1H3,(H,21,23). The molecule has 0 saturated carbocycles. The minimum absolute atomic E-state index is 0.178. The van der Waals surface area contributed by atoms with Crippen molar-refractivity contribution in [1.82, 2.24) is 15.1 Å². The normalized spacial score (nSPS) is 13.9. The highest BCUT2D eigenvalue weighted by molar-refractivity contribution is 6.13. The van der Waals surface area contributed by atoms with Gasteiger partial charge >= 0.3 is 0 Å². The lowest BCUT2D eigenvalue weighted by Crippen LogP contribution is -2.29. The average Bonchev–Trinajstić information content (AvgIpc) is 2.97. The quantitative estimate of drug-likeness (QED) is 0.818. The van der Waals surface area contributed by atoms with E-state index in [1.165, 1.54) is 30.6 Å². The molecule has 0 radical (unpaired) electrons. The molecule has 3 rings (SSSR count). The molecule has 124 valence electrons. The summed E-state index contributed by atoms with van der Waals surface area (Å²) in [4.78, 5) is 6.13. The Balaban J connectivity index is 2.20. The third-order valence-corrected chi connectivity index (χ3v) is 3.80. The maximum Gasteiger partial charge on any atom is 0.146 e. The maximum absolute atomic E-state index is 14.3. The number of hydrogen-bond donors (Lipinski definition) is 2. The van der Waals surface area contributed by atoms with E-state index < -0.39 is 11.6 Å². The van der Waals surface area contributed by atoms with Crippen molar-refractivity contribution in [2.45, 2.75) is 19.8 Å². The van der Waals surface area contributed by atoms with Crippen LogP contribution in [-0.2, 0) is 0 Å². The molecule has 2 heterocycles. The molecular weight excluding hydrogens is 312 g/mol. The number of H-pyrrole nitrogens is 1. The smallest absolute Gasteiger partial charge is 0.146 e. The molecule has 0 amide bonds. The van der Waals surface area contributed by atoms with Crippen LogP contribution in [-0.4, -0.2) is 33.7 Å². The number of fused-ring (bicyclic) bond motifs is 1. The molecule has 2 N–H and O–H groups in total. The molecule has 0 aliphatic carbocycles. The van der Waals surface area contributed by atoms with Gasteiger partial charge in [-0.25, -0.2) is 13.8 Å². The lowest BCUT2D eigenvalue weighted by Gasteiger charge is -2.22. The third kappa shape index (κ3) is 2.84. The molecule has 1 aromatic heterocycles. The first-order chi connectivity index (χ1) is 11.7. The van der Waals surface area contributed by atoms with Gasteiger partial charge in [0.15, 0.2) is 0 Å². The summed E-state index contributed by atoms with van der Waals surface area (Å²) in [6.07, 6.45) is 6.07. The third-order valence-electron chi connectivity index (χ3n) is 3.80. The molecule has 0 fully saturated rings. The van der Waals surface area contributed by atoms with Crippen LogP contribution in [0.3, 0.4) is 0 Å². The number of hydrogen-bond acceptors (Lipinski definition) is 4. The monoisotopic (exact) mass is 329 g/mol. The average molecular weight is 329 g/mol. The van der Waals surface area contributed by atoms with E-state index in [0.29, 0.717) is 23.5 Å². The summed E-state index contributed by atoms with van der Waals surface area (Å²) in [6, 6.07) is 3.74. The van der Waals surface area contributed by atoms with Crippen LogP contribution in [0.15, 0.2) is 35.6 Å². The van der Waals surface area contributed by atoms with Gasteiger partial charge in [0.2, 0.25) is 0 Å². The Morgan fingerprint density at radius 1 is 1.29 bits per heavy atom. The molecule has 0 bridgehead atoms. The second kappa shape index (κ2) is 6.74. The maximum atomic E-state index is 14.3. The van der Waals surface area contributed by atoms with Gasteiger partial charge in [-0.2, -0.15) is 5.10 Å². The fourth-order valence-corrected chi connectivity index (χ4v) is 2.57. The second-order valence-electron chi connectivity index (χ2n) is 5.44. The number of unbranched alkanes of at least 4 members (excludes halogenated alkanes) is 1. The number of aliphatic imine (C=N–C) groups is 1. The Morgan fingerprint density at radius 2 is 2.04 bits per heavy atom. The van der Waals surface area contributed by atoms with Crippen molar-refractivity contribution in [3.63, 3.8) is 0 Å². The topological polar surface area (TPSA) is 68.1 Å². The lowest BCUT2D eigenvalue weighted by atomic mass is 10.1. The zero-order chi connectivity index (χ0) is 17.1. The number of rotatable bonds is 5. The van der Waals surface area contributed by atoms with E-state index in [9.17, 15) is 8.78 Å². The number of benzene rings is 1. The number of aromatic amines is 1. The Bertz CT molecular complexity index is 802. The molecule has 24 heavy (non-hydrogen) atoms. The van der Waals surface area contributed by atoms with E-state index in [0.717, 1.165) is 12.8 Å². The molecule has 0 spiro atoms. The van der Waals surface area contributed by atoms with Crippen molar-refractivity contribution in [3.05, 3.63) is 53.5 Å². The highest BCUT2D eigenvalue weighted by atomic mass is 19.1. The first kappa shape index (κ1) is 16.0. The van der Waals surface area contributed by atoms with E-state index in [1.54, 1.807) is 11.1 Å². The van der Waals surface area contributed by atoms with E-state index >= 15 is 0 Å². The fraction of sp³-hybridized carbons (Fsp3) is 0.235. The van der Waals surface area contributed by atoms with Crippen LogP contribution < -0.4 is 0 Å². The number of aromatic nitrogens is 2. The van der Waals surface area contributed by atoms with Crippen molar-refractivity contribution >= 4 is 23.3 Å². The van der Waals surface area contributed by atoms with Crippen LogP contribution in [0.25, 0.3) is 5.57 Å². The van der Waals surface area contributed by atoms with Crippen molar-refractivity contribution in [2.24, 2.45) is 4.99 Å². The Kier molecular flexibility index (Phi) is 4.50. The molecule has 7 heteroatoms. The van der Waals surface area contributed by atoms with E-state index in [4.69, 9.17) is 5.41 Å². The van der Waals surface area contributed by atoms with E-state index in [2.05, 4.69) is 15.2 Å². The molecule has 0 saturated heterocycles. The number of amidine groups is 1. The Morgan fingerprint density at radius 3 is 2.71 bits per heavy atom. The summed E-state index contributed by atoms with van der Waals surface area (Å²) >= 11 is 0. The summed E-state index contributed by atoms with van der Waals surface area (Å²) in [6.45, 7) is 2.57. The van der Waals surface area contributed by atoms with Crippen LogP contribution >= 0.6 is 0 Å². The first-order valence-electron chi connectivity index (χ1n) is 7.71. The number of allylic oxidation sites excluding steroid dienone is 1. The van der Waals surface area contributed by atoms with Crippen LogP contribution in [0.5, 0.6) is 0 Å². The summed E-state index contributed by atoms with van der Waals surface area (Å²) in [5, 5.41) is 14.3. The zero-order valence-electron chi connectivity index (χ0n) is 13.2. The molecule has 2 aromatic rings. The van der Waals surface area contributed by atoms with Crippen LogP contribution in [0.2, 0.25) is 0 Å². The minimum atomic E-state index is -0.674. The van der Waals surface area contributed by atoms with Gasteiger partial charge in [-0.15, -0.1) is 0 Å². The van der Waals surface area contributed by atoms with Gasteiger partial charge < -0.3 is 10.3 Å². The number of nitrogens with one attached hydrogen (secondary N) is 2. The van der Waals surface area contributed by atoms with Gasteiger partial charge in [-0.1, -0.05) is 19.4 Å². The highest BCUT2D eigenvalue weighted by Gasteiger charge is 2.24. The van der Waals surface area contributed by atoms with Gasteiger partial charge in [0.25, 0.3) is 0 Å². The molecule has 0 atom stereocenters. The minimum Gasteiger partial charge on any atom is -0.332 e. The number of nitrogens with zero attached hydrogens (tertiary/aromatic N) is 3. The Labute approximate surface area is 138 Å². The summed E-state index contributed by atoms with van der Waals surface area (Å²) in [5.74, 6) is -1.17. The van der Waals surface area contributed by atoms with Gasteiger partial charge in [0.05, 0.1) is 17.5 Å². The molecule has 1 aromatic carbocycles. The predicted molar refractivity (Wildman–Crippen MR) is 89.5 cm³/mol. The van der Waals surface area contributed by atoms with Crippen LogP contribution in [0.1, 0.15) is 31.0 Å². The van der Waals surface area contributed by atoms with E-state index in [1.807, 2.05) is 6.92 Å². The van der Waals surface area contributed by atoms with Crippen LogP contribution in [0.4, 0.5) is 14.5 Å². The van der Waals surface area contributed by atoms with Gasteiger partial charge in [-0.3, -0.25) is 5.10 Å².